The summed E-state index contributed by atoms with van der Waals surface area (Å²) in [4.78, 5) is 11.6. The normalized spacial score (nSPS) is 10.7. The molecule has 1 atom stereocenters. The molecule has 0 fully saturated rings. The van der Waals surface area contributed by atoms with Crippen LogP contribution in [0.1, 0.15) is 13.3 Å². The average Bonchev–Trinajstić information content (AvgIpc) is 2.38. The number of halogens is 3. The lowest BCUT2D eigenvalue weighted by molar-refractivity contribution is -0.121. The van der Waals surface area contributed by atoms with E-state index in [0.717, 1.165) is 5.69 Å². The van der Waals surface area contributed by atoms with Crippen molar-refractivity contribution in [1.82, 2.24) is 5.32 Å². The standard InChI is InChI=1S/C13H20ClN3O2.2ClH/c1-9(8-15)17-13(18)5-6-16-11-7-10(14)3-4-12(11)19-2;;/h3-4,7,9,16H,5-6,8,15H2,1-2H3,(H,17,18);2*1H/t9-;;/m0../s1. The lowest BCUT2D eigenvalue weighted by Crippen LogP contribution is -2.38. The summed E-state index contributed by atoms with van der Waals surface area (Å²) < 4.78 is 5.20. The van der Waals surface area contributed by atoms with E-state index in [0.29, 0.717) is 30.3 Å². The smallest absolute Gasteiger partial charge is 0.222 e. The van der Waals surface area contributed by atoms with Crippen molar-refractivity contribution in [3.05, 3.63) is 23.2 Å². The molecule has 0 aliphatic rings. The highest BCUT2D eigenvalue weighted by Crippen LogP contribution is 2.27. The minimum atomic E-state index is -0.0357. The molecular formula is C13H22Cl3N3O2. The van der Waals surface area contributed by atoms with E-state index in [1.807, 2.05) is 6.92 Å². The van der Waals surface area contributed by atoms with Crippen molar-refractivity contribution in [3.63, 3.8) is 0 Å². The molecule has 21 heavy (non-hydrogen) atoms. The summed E-state index contributed by atoms with van der Waals surface area (Å²) in [6.45, 7) is 2.80. The number of amides is 1. The summed E-state index contributed by atoms with van der Waals surface area (Å²) in [5.74, 6) is 0.659. The summed E-state index contributed by atoms with van der Waals surface area (Å²) in [5, 5.41) is 6.54. The maximum atomic E-state index is 11.6. The quantitative estimate of drug-likeness (QED) is 0.700. The zero-order chi connectivity index (χ0) is 14.3. The van der Waals surface area contributed by atoms with E-state index in [4.69, 9.17) is 22.1 Å². The Labute approximate surface area is 142 Å². The van der Waals surface area contributed by atoms with Gasteiger partial charge in [-0.25, -0.2) is 0 Å². The van der Waals surface area contributed by atoms with Gasteiger partial charge in [-0.2, -0.15) is 0 Å². The van der Waals surface area contributed by atoms with Gasteiger partial charge < -0.3 is 21.1 Å². The molecule has 5 nitrogen and oxygen atoms in total. The van der Waals surface area contributed by atoms with Crippen LogP contribution in [0.3, 0.4) is 0 Å². The predicted octanol–water partition coefficient (Wildman–Crippen LogP) is 2.46. The number of benzene rings is 1. The molecule has 0 aromatic heterocycles. The molecule has 0 unspecified atom stereocenters. The molecule has 1 aromatic carbocycles. The van der Waals surface area contributed by atoms with Gasteiger partial charge in [0.15, 0.2) is 0 Å². The second kappa shape index (κ2) is 11.7. The highest BCUT2D eigenvalue weighted by Gasteiger charge is 2.07. The van der Waals surface area contributed by atoms with E-state index in [1.54, 1.807) is 25.3 Å². The van der Waals surface area contributed by atoms with E-state index in [2.05, 4.69) is 10.6 Å². The van der Waals surface area contributed by atoms with Gasteiger partial charge >= 0.3 is 0 Å². The Bertz CT molecular complexity index is 433. The zero-order valence-electron chi connectivity index (χ0n) is 12.0. The average molecular weight is 359 g/mol. The van der Waals surface area contributed by atoms with Gasteiger partial charge in [-0.15, -0.1) is 24.8 Å². The van der Waals surface area contributed by atoms with Crippen LogP contribution in [-0.2, 0) is 4.79 Å². The van der Waals surface area contributed by atoms with Crippen molar-refractivity contribution in [2.45, 2.75) is 19.4 Å². The predicted molar refractivity (Wildman–Crippen MR) is 92.3 cm³/mol. The van der Waals surface area contributed by atoms with Gasteiger partial charge in [0.2, 0.25) is 5.91 Å². The second-order valence-electron chi connectivity index (χ2n) is 4.23. The molecular weight excluding hydrogens is 337 g/mol. The third kappa shape index (κ3) is 8.21. The Hall–Kier alpha value is -0.880. The second-order valence-corrected chi connectivity index (χ2v) is 4.66. The highest BCUT2D eigenvalue weighted by atomic mass is 35.5. The molecule has 0 saturated carbocycles. The molecule has 0 aliphatic carbocycles. The van der Waals surface area contributed by atoms with Gasteiger partial charge in [0.1, 0.15) is 5.75 Å². The molecule has 0 heterocycles. The molecule has 122 valence electrons. The van der Waals surface area contributed by atoms with Crippen molar-refractivity contribution in [2.24, 2.45) is 5.73 Å². The van der Waals surface area contributed by atoms with Gasteiger partial charge in [0.25, 0.3) is 0 Å². The maximum absolute atomic E-state index is 11.6. The molecule has 1 aromatic rings. The Morgan fingerprint density at radius 2 is 2.10 bits per heavy atom. The Morgan fingerprint density at radius 1 is 1.43 bits per heavy atom. The summed E-state index contributed by atoms with van der Waals surface area (Å²) in [5.41, 5.74) is 6.21. The molecule has 4 N–H and O–H groups in total. The monoisotopic (exact) mass is 357 g/mol. The van der Waals surface area contributed by atoms with Crippen LogP contribution < -0.4 is 21.1 Å². The zero-order valence-corrected chi connectivity index (χ0v) is 14.4. The number of nitrogens with two attached hydrogens (primary N) is 1. The van der Waals surface area contributed by atoms with Crippen LogP contribution >= 0.6 is 36.4 Å². The molecule has 0 aliphatic heterocycles. The van der Waals surface area contributed by atoms with E-state index in [-0.39, 0.29) is 36.8 Å². The Kier molecular flexibility index (Phi) is 12.5. The van der Waals surface area contributed by atoms with Crippen molar-refractivity contribution in [2.75, 3.05) is 25.5 Å². The molecule has 0 radical (unpaired) electrons. The summed E-state index contributed by atoms with van der Waals surface area (Å²) in [7, 11) is 1.59. The highest BCUT2D eigenvalue weighted by molar-refractivity contribution is 6.30. The minimum Gasteiger partial charge on any atom is -0.495 e. The lowest BCUT2D eigenvalue weighted by Gasteiger charge is -2.13. The topological polar surface area (TPSA) is 76.4 Å². The first-order valence-electron chi connectivity index (χ1n) is 6.13. The van der Waals surface area contributed by atoms with Crippen molar-refractivity contribution < 1.29 is 9.53 Å². The molecule has 1 rings (SSSR count). The largest absolute Gasteiger partial charge is 0.495 e. The molecule has 1 amide bonds. The van der Waals surface area contributed by atoms with Crippen LogP contribution in [0.5, 0.6) is 5.75 Å². The van der Waals surface area contributed by atoms with Gasteiger partial charge in [-0.1, -0.05) is 11.6 Å². The van der Waals surface area contributed by atoms with Crippen molar-refractivity contribution in [1.29, 1.82) is 0 Å². The molecule has 0 saturated heterocycles. The summed E-state index contributed by atoms with van der Waals surface area (Å²) in [6.07, 6.45) is 0.361. The number of carbonyl (C=O) groups excluding carboxylic acids is 1. The number of methoxy groups -OCH3 is 1. The summed E-state index contributed by atoms with van der Waals surface area (Å²) in [6, 6.07) is 5.29. The van der Waals surface area contributed by atoms with E-state index < -0.39 is 0 Å². The lowest BCUT2D eigenvalue weighted by atomic mass is 10.2. The number of hydrogen-bond donors (Lipinski definition) is 3. The van der Waals surface area contributed by atoms with Gasteiger partial charge in [0.05, 0.1) is 12.8 Å². The number of rotatable bonds is 7. The molecule has 8 heteroatoms. The van der Waals surface area contributed by atoms with Crippen molar-refractivity contribution >= 4 is 48.0 Å². The number of hydrogen-bond acceptors (Lipinski definition) is 4. The van der Waals surface area contributed by atoms with Gasteiger partial charge in [-0.3, -0.25) is 4.79 Å². The van der Waals surface area contributed by atoms with Crippen LogP contribution in [0, 0.1) is 0 Å². The fourth-order valence-electron chi connectivity index (χ4n) is 1.53. The summed E-state index contributed by atoms with van der Waals surface area (Å²) >= 11 is 5.91. The van der Waals surface area contributed by atoms with Crippen molar-refractivity contribution in [3.8, 4) is 5.75 Å². The Balaban J connectivity index is 0. The maximum Gasteiger partial charge on any atom is 0.222 e. The first-order chi connectivity index (χ1) is 9.06. The third-order valence-corrected chi connectivity index (χ3v) is 2.83. The van der Waals surface area contributed by atoms with E-state index in [9.17, 15) is 4.79 Å². The fourth-order valence-corrected chi connectivity index (χ4v) is 1.71. The molecule has 0 spiro atoms. The number of carbonyl (C=O) groups is 1. The minimum absolute atomic E-state index is 0. The Morgan fingerprint density at radius 3 is 2.67 bits per heavy atom. The van der Waals surface area contributed by atoms with Gasteiger partial charge in [-0.05, 0) is 25.1 Å². The first kappa shape index (κ1) is 22.4. The van der Waals surface area contributed by atoms with Crippen LogP contribution in [-0.4, -0.2) is 32.1 Å². The van der Waals surface area contributed by atoms with Crippen LogP contribution in [0.2, 0.25) is 5.02 Å². The van der Waals surface area contributed by atoms with E-state index >= 15 is 0 Å². The number of ether oxygens (including phenoxy) is 1. The number of nitrogens with one attached hydrogen (secondary N) is 2. The van der Waals surface area contributed by atoms with Crippen LogP contribution in [0.4, 0.5) is 5.69 Å². The third-order valence-electron chi connectivity index (χ3n) is 2.59. The van der Waals surface area contributed by atoms with Crippen LogP contribution in [0.15, 0.2) is 18.2 Å². The van der Waals surface area contributed by atoms with E-state index in [1.165, 1.54) is 0 Å². The molecule has 0 bridgehead atoms. The first-order valence-corrected chi connectivity index (χ1v) is 6.51. The SMILES string of the molecule is COc1ccc(Cl)cc1NCCC(=O)N[C@@H](C)CN.Cl.Cl. The number of anilines is 1. The van der Waals surface area contributed by atoms with Crippen LogP contribution in [0.25, 0.3) is 0 Å². The van der Waals surface area contributed by atoms with Gasteiger partial charge in [0, 0.05) is 30.6 Å². The fraction of sp³-hybridized carbons (Fsp3) is 0.462.